The van der Waals surface area contributed by atoms with E-state index in [1.54, 1.807) is 18.2 Å². The number of ether oxygens (including phenoxy) is 1. The lowest BCUT2D eigenvalue weighted by Crippen LogP contribution is -2.40. The van der Waals surface area contributed by atoms with E-state index in [1.807, 2.05) is 34.6 Å². The Balaban J connectivity index is 2.87. The second kappa shape index (κ2) is 5.29. The molecule has 0 aliphatic rings. The van der Waals surface area contributed by atoms with Crippen molar-refractivity contribution >= 4 is 11.6 Å². The average molecular weight is 250 g/mol. The van der Waals surface area contributed by atoms with Gasteiger partial charge in [-0.15, -0.1) is 0 Å². The molecule has 0 spiro atoms. The molecule has 0 saturated carbocycles. The van der Waals surface area contributed by atoms with Crippen LogP contribution in [0.2, 0.25) is 0 Å². The van der Waals surface area contributed by atoms with Crippen molar-refractivity contribution in [3.8, 4) is 5.75 Å². The second-order valence-electron chi connectivity index (χ2n) is 5.62. The molecule has 100 valence electrons. The van der Waals surface area contributed by atoms with Crippen molar-refractivity contribution in [3.63, 3.8) is 0 Å². The van der Waals surface area contributed by atoms with Crippen molar-refractivity contribution in [3.05, 3.63) is 23.8 Å². The zero-order valence-corrected chi connectivity index (χ0v) is 11.7. The molecule has 4 nitrogen and oxygen atoms in total. The molecule has 4 heteroatoms. The maximum absolute atomic E-state index is 11.9. The minimum atomic E-state index is -0.265. The number of benzene rings is 1. The van der Waals surface area contributed by atoms with Crippen molar-refractivity contribution in [2.24, 2.45) is 0 Å². The van der Waals surface area contributed by atoms with Gasteiger partial charge in [-0.25, -0.2) is 0 Å². The average Bonchev–Trinajstić information content (AvgIpc) is 2.17. The topological polar surface area (TPSA) is 64.3 Å². The summed E-state index contributed by atoms with van der Waals surface area (Å²) in [5.41, 5.74) is 6.62. The number of nitrogens with one attached hydrogen (secondary N) is 1. The smallest absolute Gasteiger partial charge is 0.251 e. The molecule has 0 unspecified atom stereocenters. The Labute approximate surface area is 109 Å². The first kappa shape index (κ1) is 14.4. The summed E-state index contributed by atoms with van der Waals surface area (Å²) in [7, 11) is 0. The van der Waals surface area contributed by atoms with Crippen molar-refractivity contribution < 1.29 is 9.53 Å². The monoisotopic (exact) mass is 250 g/mol. The fourth-order valence-corrected chi connectivity index (χ4v) is 1.46. The maximum Gasteiger partial charge on any atom is 0.251 e. The van der Waals surface area contributed by atoms with Crippen LogP contribution >= 0.6 is 0 Å². The van der Waals surface area contributed by atoms with Gasteiger partial charge in [0.15, 0.2) is 0 Å². The predicted molar refractivity (Wildman–Crippen MR) is 73.8 cm³/mol. The molecule has 1 amide bonds. The molecule has 0 fully saturated rings. The van der Waals surface area contributed by atoms with E-state index < -0.39 is 0 Å². The summed E-state index contributed by atoms with van der Waals surface area (Å²) in [5, 5.41) is 2.89. The first-order valence-electron chi connectivity index (χ1n) is 6.08. The van der Waals surface area contributed by atoms with Gasteiger partial charge in [-0.3, -0.25) is 4.79 Å². The zero-order valence-electron chi connectivity index (χ0n) is 11.7. The van der Waals surface area contributed by atoms with E-state index in [2.05, 4.69) is 5.32 Å². The Morgan fingerprint density at radius 3 is 2.39 bits per heavy atom. The molecule has 0 heterocycles. The summed E-state index contributed by atoms with van der Waals surface area (Å²) >= 11 is 0. The summed E-state index contributed by atoms with van der Waals surface area (Å²) < 4.78 is 5.52. The minimum Gasteiger partial charge on any atom is -0.489 e. The summed E-state index contributed by atoms with van der Waals surface area (Å²) in [6.45, 7) is 9.67. The molecule has 0 radical (unpaired) electrons. The van der Waals surface area contributed by atoms with E-state index in [4.69, 9.17) is 10.5 Å². The maximum atomic E-state index is 11.9. The molecule has 0 aromatic heterocycles. The first-order valence-corrected chi connectivity index (χ1v) is 6.08. The minimum absolute atomic E-state index is 0.0570. The van der Waals surface area contributed by atoms with Crippen molar-refractivity contribution in [2.75, 3.05) is 5.73 Å². The van der Waals surface area contributed by atoms with Gasteiger partial charge >= 0.3 is 0 Å². The lowest BCUT2D eigenvalue weighted by Gasteiger charge is -2.21. The summed E-state index contributed by atoms with van der Waals surface area (Å²) in [6.07, 6.45) is 0.0570. The highest BCUT2D eigenvalue weighted by molar-refractivity contribution is 5.95. The summed E-state index contributed by atoms with van der Waals surface area (Å²) in [4.78, 5) is 11.9. The number of anilines is 1. The van der Waals surface area contributed by atoms with Crippen LogP contribution in [0, 0.1) is 0 Å². The Hall–Kier alpha value is -1.71. The van der Waals surface area contributed by atoms with E-state index in [9.17, 15) is 4.79 Å². The highest BCUT2D eigenvalue weighted by atomic mass is 16.5. The van der Waals surface area contributed by atoms with Gasteiger partial charge in [0.2, 0.25) is 0 Å². The number of amides is 1. The van der Waals surface area contributed by atoms with Crippen LogP contribution in [0.25, 0.3) is 0 Å². The zero-order chi connectivity index (χ0) is 13.9. The van der Waals surface area contributed by atoms with E-state index in [1.165, 1.54) is 0 Å². The lowest BCUT2D eigenvalue weighted by molar-refractivity contribution is 0.0919. The molecule has 1 rings (SSSR count). The van der Waals surface area contributed by atoms with Gasteiger partial charge in [-0.05, 0) is 52.8 Å². The number of carbonyl (C=O) groups excluding carboxylic acids is 1. The Kier molecular flexibility index (Phi) is 4.22. The highest BCUT2D eigenvalue weighted by Gasteiger charge is 2.16. The Morgan fingerprint density at radius 1 is 1.33 bits per heavy atom. The SMILES string of the molecule is CC(C)Oc1ccc(C(=O)NC(C)(C)C)cc1N. The van der Waals surface area contributed by atoms with E-state index in [0.717, 1.165) is 0 Å². The Morgan fingerprint density at radius 2 is 1.94 bits per heavy atom. The molecular formula is C14H22N2O2. The summed E-state index contributed by atoms with van der Waals surface area (Å²) in [5.74, 6) is 0.475. The van der Waals surface area contributed by atoms with Crippen molar-refractivity contribution in [1.29, 1.82) is 0 Å². The van der Waals surface area contributed by atoms with Crippen LogP contribution in [-0.2, 0) is 0 Å². The fourth-order valence-electron chi connectivity index (χ4n) is 1.46. The van der Waals surface area contributed by atoms with Gasteiger partial charge < -0.3 is 15.8 Å². The first-order chi connectivity index (χ1) is 8.19. The van der Waals surface area contributed by atoms with E-state index in [-0.39, 0.29) is 17.6 Å². The quantitative estimate of drug-likeness (QED) is 0.810. The molecule has 0 saturated heterocycles. The van der Waals surface area contributed by atoms with E-state index in [0.29, 0.717) is 17.0 Å². The third-order valence-corrected chi connectivity index (χ3v) is 2.12. The largest absolute Gasteiger partial charge is 0.489 e. The Bertz CT molecular complexity index is 434. The summed E-state index contributed by atoms with van der Waals surface area (Å²) in [6, 6.07) is 5.08. The second-order valence-corrected chi connectivity index (χ2v) is 5.62. The van der Waals surface area contributed by atoms with Crippen LogP contribution in [0.3, 0.4) is 0 Å². The molecule has 1 aromatic carbocycles. The van der Waals surface area contributed by atoms with Crippen LogP contribution in [0.15, 0.2) is 18.2 Å². The number of hydrogen-bond acceptors (Lipinski definition) is 3. The molecule has 3 N–H and O–H groups in total. The van der Waals surface area contributed by atoms with Gasteiger partial charge in [-0.2, -0.15) is 0 Å². The van der Waals surface area contributed by atoms with Gasteiger partial charge in [-0.1, -0.05) is 0 Å². The molecule has 0 aliphatic carbocycles. The van der Waals surface area contributed by atoms with Crippen molar-refractivity contribution in [2.45, 2.75) is 46.3 Å². The van der Waals surface area contributed by atoms with Gasteiger partial charge in [0.05, 0.1) is 11.8 Å². The number of nitrogens with two attached hydrogens (primary N) is 1. The van der Waals surface area contributed by atoms with Crippen LogP contribution in [0.5, 0.6) is 5.75 Å². The van der Waals surface area contributed by atoms with Crippen LogP contribution in [0.4, 0.5) is 5.69 Å². The molecule has 0 atom stereocenters. The third-order valence-electron chi connectivity index (χ3n) is 2.12. The number of rotatable bonds is 3. The molecule has 0 bridgehead atoms. The molecule has 18 heavy (non-hydrogen) atoms. The van der Waals surface area contributed by atoms with Crippen LogP contribution in [0.1, 0.15) is 45.0 Å². The van der Waals surface area contributed by atoms with E-state index >= 15 is 0 Å². The third kappa shape index (κ3) is 4.28. The van der Waals surface area contributed by atoms with Crippen LogP contribution < -0.4 is 15.8 Å². The fraction of sp³-hybridized carbons (Fsp3) is 0.500. The molecule has 1 aromatic rings. The number of hydrogen-bond donors (Lipinski definition) is 2. The van der Waals surface area contributed by atoms with Gasteiger partial charge in [0, 0.05) is 11.1 Å². The van der Waals surface area contributed by atoms with Gasteiger partial charge in [0.25, 0.3) is 5.91 Å². The lowest BCUT2D eigenvalue weighted by atomic mass is 10.1. The predicted octanol–water partition coefficient (Wildman–Crippen LogP) is 2.58. The highest BCUT2D eigenvalue weighted by Crippen LogP contribution is 2.23. The molecule has 0 aliphatic heterocycles. The number of nitrogen functional groups attached to an aromatic ring is 1. The van der Waals surface area contributed by atoms with Crippen molar-refractivity contribution in [1.82, 2.24) is 5.32 Å². The van der Waals surface area contributed by atoms with Gasteiger partial charge in [0.1, 0.15) is 5.75 Å². The molecular weight excluding hydrogens is 228 g/mol. The van der Waals surface area contributed by atoms with Crippen LogP contribution in [-0.4, -0.2) is 17.6 Å². The number of carbonyl (C=O) groups is 1. The normalized spacial score (nSPS) is 11.4. The standard InChI is InChI=1S/C14H22N2O2/c1-9(2)18-12-7-6-10(8-11(12)15)13(17)16-14(3,4)5/h6-9H,15H2,1-5H3,(H,16,17).